The third kappa shape index (κ3) is 5.50. The standard InChI is InChI=1S/C16H20N4O4S/c1-18-11-9-15(13-17-19(2)14-7-4-3-5-8-14)20(16(18)21)10-6-12-25(22,23)24/h3-5,7-9,11,13H,6,10,12H2,1-2H3/p+1. The zero-order valence-corrected chi connectivity index (χ0v) is 14.9. The van der Waals surface area contributed by atoms with E-state index in [2.05, 4.69) is 5.10 Å². The topological polar surface area (TPSA) is 95.9 Å². The van der Waals surface area contributed by atoms with Crippen LogP contribution < -0.4 is 15.3 Å². The smallest absolute Gasteiger partial charge is 0.286 e. The van der Waals surface area contributed by atoms with Gasteiger partial charge in [0.1, 0.15) is 0 Å². The van der Waals surface area contributed by atoms with Crippen LogP contribution in [0, 0.1) is 0 Å². The molecule has 0 radical (unpaired) electrons. The number of hydrogen-bond acceptors (Lipinski definition) is 5. The fraction of sp³-hybridized carbons (Fsp3) is 0.312. The first kappa shape index (κ1) is 18.8. The van der Waals surface area contributed by atoms with Crippen LogP contribution in [0.15, 0.2) is 52.5 Å². The Labute approximate surface area is 146 Å². The van der Waals surface area contributed by atoms with Gasteiger partial charge in [0.25, 0.3) is 10.1 Å². The van der Waals surface area contributed by atoms with Gasteiger partial charge in [-0.1, -0.05) is 18.2 Å². The van der Waals surface area contributed by atoms with E-state index in [1.165, 1.54) is 9.13 Å². The van der Waals surface area contributed by atoms with E-state index >= 15 is 0 Å². The molecule has 9 heteroatoms. The molecule has 0 saturated carbocycles. The summed E-state index contributed by atoms with van der Waals surface area (Å²) in [4.78, 5) is 12.3. The van der Waals surface area contributed by atoms with E-state index in [4.69, 9.17) is 4.55 Å². The van der Waals surface area contributed by atoms with Crippen LogP contribution in [0.5, 0.6) is 0 Å². The van der Waals surface area contributed by atoms with Crippen molar-refractivity contribution in [1.82, 2.24) is 4.57 Å². The average Bonchev–Trinajstić information content (AvgIpc) is 2.57. The summed E-state index contributed by atoms with van der Waals surface area (Å²) in [6.45, 7) is 0.156. The van der Waals surface area contributed by atoms with Crippen molar-refractivity contribution in [2.75, 3.05) is 17.8 Å². The number of aromatic nitrogens is 2. The van der Waals surface area contributed by atoms with Crippen molar-refractivity contribution in [3.63, 3.8) is 0 Å². The summed E-state index contributed by atoms with van der Waals surface area (Å²) >= 11 is 0. The lowest BCUT2D eigenvalue weighted by molar-refractivity contribution is -0.691. The average molecular weight is 365 g/mol. The number of rotatable bonds is 7. The molecule has 0 aliphatic heterocycles. The molecular formula is C16H21N4O4S+. The molecule has 0 bridgehead atoms. The van der Waals surface area contributed by atoms with Crippen molar-refractivity contribution in [2.45, 2.75) is 13.0 Å². The summed E-state index contributed by atoms with van der Waals surface area (Å²) in [7, 11) is -0.659. The third-order valence-electron chi connectivity index (χ3n) is 3.59. The van der Waals surface area contributed by atoms with E-state index in [0.717, 1.165) is 5.69 Å². The highest BCUT2D eigenvalue weighted by Crippen LogP contribution is 2.10. The molecule has 1 aromatic heterocycles. The van der Waals surface area contributed by atoms with Crippen LogP contribution >= 0.6 is 0 Å². The van der Waals surface area contributed by atoms with Crippen LogP contribution in [0.2, 0.25) is 0 Å². The zero-order chi connectivity index (χ0) is 18.4. The van der Waals surface area contributed by atoms with Crippen molar-refractivity contribution in [1.29, 1.82) is 0 Å². The highest BCUT2D eigenvalue weighted by molar-refractivity contribution is 7.85. The molecule has 0 atom stereocenters. The van der Waals surface area contributed by atoms with Gasteiger partial charge < -0.3 is 0 Å². The van der Waals surface area contributed by atoms with Crippen LogP contribution in [-0.2, 0) is 23.7 Å². The van der Waals surface area contributed by atoms with E-state index in [-0.39, 0.29) is 18.7 Å². The minimum Gasteiger partial charge on any atom is -0.286 e. The molecule has 134 valence electrons. The second-order valence-electron chi connectivity index (χ2n) is 5.53. The number of benzene rings is 1. The van der Waals surface area contributed by atoms with Crippen molar-refractivity contribution >= 4 is 22.0 Å². The van der Waals surface area contributed by atoms with Crippen molar-refractivity contribution in [3.8, 4) is 0 Å². The Morgan fingerprint density at radius 3 is 2.60 bits per heavy atom. The van der Waals surface area contributed by atoms with Crippen LogP contribution in [0.4, 0.5) is 5.69 Å². The molecule has 0 amide bonds. The van der Waals surface area contributed by atoms with E-state index in [1.54, 1.807) is 37.6 Å². The van der Waals surface area contributed by atoms with E-state index in [9.17, 15) is 13.2 Å². The highest BCUT2D eigenvalue weighted by atomic mass is 32.2. The van der Waals surface area contributed by atoms with Crippen LogP contribution in [0.25, 0.3) is 0 Å². The molecule has 0 saturated heterocycles. The summed E-state index contributed by atoms with van der Waals surface area (Å²) in [6.07, 6.45) is 3.28. The quantitative estimate of drug-likeness (QED) is 0.332. The summed E-state index contributed by atoms with van der Waals surface area (Å²) in [5.41, 5.74) is 1.14. The third-order valence-corrected chi connectivity index (χ3v) is 4.39. The maximum Gasteiger partial charge on any atom is 0.498 e. The summed E-state index contributed by atoms with van der Waals surface area (Å²) in [5, 5.41) is 5.99. The largest absolute Gasteiger partial charge is 0.498 e. The molecule has 0 spiro atoms. The highest BCUT2D eigenvalue weighted by Gasteiger charge is 2.14. The minimum absolute atomic E-state index is 0.123. The zero-order valence-electron chi connectivity index (χ0n) is 14.1. The lowest BCUT2D eigenvalue weighted by Crippen LogP contribution is -2.52. The van der Waals surface area contributed by atoms with Gasteiger partial charge in [0.05, 0.1) is 37.4 Å². The van der Waals surface area contributed by atoms with Gasteiger partial charge in [-0.05, 0) is 12.1 Å². The van der Waals surface area contributed by atoms with Crippen LogP contribution in [-0.4, -0.2) is 36.6 Å². The fourth-order valence-corrected chi connectivity index (χ4v) is 2.74. The monoisotopic (exact) mass is 365 g/mol. The number of anilines is 1. The van der Waals surface area contributed by atoms with Crippen LogP contribution in [0.3, 0.4) is 0 Å². The molecule has 2 rings (SSSR count). The van der Waals surface area contributed by atoms with Gasteiger partial charge in [-0.25, -0.2) is 4.57 Å². The molecule has 25 heavy (non-hydrogen) atoms. The number of hydrazone groups is 1. The Bertz CT molecular complexity index is 907. The predicted octanol–water partition coefficient (Wildman–Crippen LogP) is 0.421. The van der Waals surface area contributed by atoms with Gasteiger partial charge in [0.15, 0.2) is 5.69 Å². The Kier molecular flexibility index (Phi) is 6.05. The maximum absolute atomic E-state index is 12.3. The summed E-state index contributed by atoms with van der Waals surface area (Å²) < 4.78 is 33.4. The number of aryl methyl sites for hydroxylation is 1. The first-order chi connectivity index (χ1) is 11.8. The molecule has 8 nitrogen and oxygen atoms in total. The molecule has 0 aliphatic rings. The van der Waals surface area contributed by atoms with Crippen molar-refractivity contribution < 1.29 is 17.5 Å². The molecule has 0 fully saturated rings. The van der Waals surface area contributed by atoms with E-state index in [0.29, 0.717) is 5.69 Å². The Balaban J connectivity index is 2.23. The van der Waals surface area contributed by atoms with Crippen molar-refractivity contribution in [2.24, 2.45) is 12.1 Å². The van der Waals surface area contributed by atoms with E-state index < -0.39 is 15.9 Å². The van der Waals surface area contributed by atoms with E-state index in [1.807, 2.05) is 30.3 Å². The molecule has 1 heterocycles. The number of nitrogens with zero attached hydrogens (tertiary/aromatic N) is 4. The SMILES string of the molecule is CN(N=Cc1cc[n+](C)c(=O)n1CCCS(=O)(=O)O)c1ccccc1. The first-order valence-electron chi connectivity index (χ1n) is 7.65. The molecule has 1 aromatic carbocycles. The molecular weight excluding hydrogens is 344 g/mol. The summed E-state index contributed by atoms with van der Waals surface area (Å²) in [6, 6.07) is 11.2. The van der Waals surface area contributed by atoms with Crippen LogP contribution in [0.1, 0.15) is 12.1 Å². The lowest BCUT2D eigenvalue weighted by Gasteiger charge is -2.12. The molecule has 2 aromatic rings. The van der Waals surface area contributed by atoms with Crippen molar-refractivity contribution in [3.05, 3.63) is 58.8 Å². The second-order valence-corrected chi connectivity index (χ2v) is 7.10. The van der Waals surface area contributed by atoms with Gasteiger partial charge >= 0.3 is 5.69 Å². The van der Waals surface area contributed by atoms with Gasteiger partial charge in [-0.3, -0.25) is 9.56 Å². The second kappa shape index (κ2) is 8.04. The Morgan fingerprint density at radius 2 is 1.96 bits per heavy atom. The lowest BCUT2D eigenvalue weighted by atomic mass is 10.3. The fourth-order valence-electron chi connectivity index (χ4n) is 2.24. The first-order valence-corrected chi connectivity index (χ1v) is 9.26. The minimum atomic E-state index is -4.06. The van der Waals surface area contributed by atoms with Gasteiger partial charge in [-0.15, -0.1) is 0 Å². The molecule has 0 unspecified atom stereocenters. The van der Waals surface area contributed by atoms with Gasteiger partial charge in [0.2, 0.25) is 0 Å². The Hall–Kier alpha value is -2.52. The van der Waals surface area contributed by atoms with Gasteiger partial charge in [-0.2, -0.15) is 22.9 Å². The number of para-hydroxylation sites is 1. The molecule has 0 aliphatic carbocycles. The molecule has 1 N–H and O–H groups in total. The summed E-state index contributed by atoms with van der Waals surface area (Å²) in [5.74, 6) is -0.404. The predicted molar refractivity (Wildman–Crippen MR) is 95.3 cm³/mol. The Morgan fingerprint density at radius 1 is 1.28 bits per heavy atom. The number of hydrogen-bond donors (Lipinski definition) is 1. The maximum atomic E-state index is 12.3. The van der Waals surface area contributed by atoms with Gasteiger partial charge in [0, 0.05) is 19.5 Å². The normalized spacial score (nSPS) is 11.8.